The normalized spacial score (nSPS) is 21.9. The second kappa shape index (κ2) is 8.37. The highest BCUT2D eigenvalue weighted by molar-refractivity contribution is 8.00. The molecular weight excluding hydrogens is 252 g/mol. The second-order valence-corrected chi connectivity index (χ2v) is 5.60. The summed E-state index contributed by atoms with van der Waals surface area (Å²) < 4.78 is 4.83. The molecule has 1 aliphatic rings. The summed E-state index contributed by atoms with van der Waals surface area (Å²) in [6.07, 6.45) is 3.57. The summed E-state index contributed by atoms with van der Waals surface area (Å²) in [4.78, 5) is 23.0. The van der Waals surface area contributed by atoms with Crippen LogP contribution in [0, 0.1) is 0 Å². The molecule has 1 saturated heterocycles. The van der Waals surface area contributed by atoms with Crippen LogP contribution in [0.4, 0.5) is 0 Å². The number of nitrogens with two attached hydrogens (primary N) is 1. The maximum absolute atomic E-state index is 11.7. The molecule has 2 unspecified atom stereocenters. The van der Waals surface area contributed by atoms with Crippen LogP contribution in [0.15, 0.2) is 0 Å². The Labute approximate surface area is 112 Å². The number of carbonyl (C=O) groups is 2. The first kappa shape index (κ1) is 15.3. The van der Waals surface area contributed by atoms with Gasteiger partial charge in [-0.1, -0.05) is 6.42 Å². The van der Waals surface area contributed by atoms with Crippen molar-refractivity contribution in [2.24, 2.45) is 5.73 Å². The molecule has 1 amide bonds. The van der Waals surface area contributed by atoms with E-state index in [2.05, 4.69) is 5.32 Å². The van der Waals surface area contributed by atoms with Gasteiger partial charge in [-0.3, -0.25) is 9.59 Å². The quantitative estimate of drug-likeness (QED) is 0.696. The highest BCUT2D eigenvalue weighted by Crippen LogP contribution is 2.20. The van der Waals surface area contributed by atoms with Crippen molar-refractivity contribution in [2.75, 3.05) is 18.9 Å². The van der Waals surface area contributed by atoms with Crippen molar-refractivity contribution in [3.05, 3.63) is 0 Å². The Morgan fingerprint density at radius 3 is 3.11 bits per heavy atom. The van der Waals surface area contributed by atoms with E-state index in [-0.39, 0.29) is 17.1 Å². The molecule has 0 aromatic heterocycles. The van der Waals surface area contributed by atoms with Gasteiger partial charge in [0.05, 0.1) is 11.9 Å². The van der Waals surface area contributed by atoms with Crippen molar-refractivity contribution in [2.45, 2.75) is 43.9 Å². The minimum Gasteiger partial charge on any atom is -0.465 e. The third kappa shape index (κ3) is 5.27. The maximum Gasteiger partial charge on any atom is 0.322 e. The van der Waals surface area contributed by atoms with Crippen molar-refractivity contribution in [3.8, 4) is 0 Å². The first-order chi connectivity index (χ1) is 8.65. The summed E-state index contributed by atoms with van der Waals surface area (Å²) in [6.45, 7) is 2.89. The van der Waals surface area contributed by atoms with E-state index in [0.29, 0.717) is 18.8 Å². The molecule has 0 aliphatic carbocycles. The van der Waals surface area contributed by atoms with Crippen LogP contribution in [-0.2, 0) is 14.3 Å². The lowest BCUT2D eigenvalue weighted by atomic mass is 10.2. The van der Waals surface area contributed by atoms with Gasteiger partial charge in [0, 0.05) is 6.54 Å². The Hall–Kier alpha value is -0.750. The van der Waals surface area contributed by atoms with E-state index in [9.17, 15) is 9.59 Å². The molecule has 5 nitrogen and oxygen atoms in total. The smallest absolute Gasteiger partial charge is 0.322 e. The van der Waals surface area contributed by atoms with Crippen molar-refractivity contribution in [1.82, 2.24) is 5.32 Å². The summed E-state index contributed by atoms with van der Waals surface area (Å²) in [5.41, 5.74) is 5.70. The van der Waals surface area contributed by atoms with E-state index in [1.807, 2.05) is 0 Å². The number of esters is 1. The van der Waals surface area contributed by atoms with Gasteiger partial charge in [0.2, 0.25) is 5.91 Å². The molecule has 0 saturated carbocycles. The number of hydrogen-bond acceptors (Lipinski definition) is 5. The summed E-state index contributed by atoms with van der Waals surface area (Å²) in [7, 11) is 0. The first-order valence-corrected chi connectivity index (χ1v) is 7.51. The van der Waals surface area contributed by atoms with E-state index in [1.54, 1.807) is 18.7 Å². The predicted molar refractivity (Wildman–Crippen MR) is 72.3 cm³/mol. The molecule has 0 aromatic rings. The molecule has 1 fully saturated rings. The highest BCUT2D eigenvalue weighted by atomic mass is 32.2. The monoisotopic (exact) mass is 274 g/mol. The lowest BCUT2D eigenvalue weighted by Crippen LogP contribution is -2.34. The van der Waals surface area contributed by atoms with Crippen LogP contribution in [0.5, 0.6) is 0 Å². The minimum absolute atomic E-state index is 0.00176. The van der Waals surface area contributed by atoms with Crippen LogP contribution < -0.4 is 11.1 Å². The Morgan fingerprint density at radius 1 is 1.61 bits per heavy atom. The van der Waals surface area contributed by atoms with E-state index in [1.165, 1.54) is 0 Å². The van der Waals surface area contributed by atoms with Crippen LogP contribution in [0.3, 0.4) is 0 Å². The summed E-state index contributed by atoms with van der Waals surface area (Å²) in [5, 5.41) is 2.89. The van der Waals surface area contributed by atoms with Crippen LogP contribution in [0.25, 0.3) is 0 Å². The van der Waals surface area contributed by atoms with Crippen LogP contribution >= 0.6 is 11.8 Å². The molecule has 0 bridgehead atoms. The number of thioether (sulfide) groups is 1. The predicted octanol–water partition coefficient (Wildman–Crippen LogP) is 0.669. The number of ether oxygens (including phenoxy) is 1. The zero-order valence-electron chi connectivity index (χ0n) is 10.8. The molecule has 0 aromatic carbocycles. The van der Waals surface area contributed by atoms with Crippen molar-refractivity contribution in [3.63, 3.8) is 0 Å². The zero-order valence-corrected chi connectivity index (χ0v) is 11.6. The number of nitrogens with one attached hydrogen (secondary N) is 1. The molecule has 104 valence electrons. The van der Waals surface area contributed by atoms with Gasteiger partial charge in [0.15, 0.2) is 0 Å². The van der Waals surface area contributed by atoms with E-state index < -0.39 is 6.04 Å². The third-order valence-electron chi connectivity index (χ3n) is 2.82. The van der Waals surface area contributed by atoms with Crippen LogP contribution in [-0.4, -0.2) is 42.1 Å². The van der Waals surface area contributed by atoms with Gasteiger partial charge in [-0.2, -0.15) is 0 Å². The molecule has 0 radical (unpaired) electrons. The van der Waals surface area contributed by atoms with Crippen molar-refractivity contribution >= 4 is 23.6 Å². The molecule has 1 rings (SSSR count). The average molecular weight is 274 g/mol. The summed E-state index contributed by atoms with van der Waals surface area (Å²) in [6, 6.07) is -0.578. The maximum atomic E-state index is 11.7. The van der Waals surface area contributed by atoms with Gasteiger partial charge < -0.3 is 15.8 Å². The number of amides is 1. The molecule has 1 aliphatic heterocycles. The van der Waals surface area contributed by atoms with Gasteiger partial charge in [0.1, 0.15) is 6.04 Å². The van der Waals surface area contributed by atoms with Crippen LogP contribution in [0.1, 0.15) is 32.6 Å². The number of rotatable bonds is 6. The minimum atomic E-state index is -0.578. The first-order valence-electron chi connectivity index (χ1n) is 6.46. The Morgan fingerprint density at radius 2 is 2.39 bits per heavy atom. The topological polar surface area (TPSA) is 81.4 Å². The highest BCUT2D eigenvalue weighted by Gasteiger charge is 2.22. The lowest BCUT2D eigenvalue weighted by molar-refractivity contribution is -0.144. The standard InChI is InChI=1S/C12H22N2O3S/c1-2-17-12(16)9(13)6-8-18-10-5-3-4-7-14-11(10)15/h9-10H,2-8,13H2,1H3,(H,14,15). The fraction of sp³-hybridized carbons (Fsp3) is 0.833. The Kier molecular flexibility index (Phi) is 7.12. The van der Waals surface area contributed by atoms with E-state index >= 15 is 0 Å². The zero-order chi connectivity index (χ0) is 13.4. The molecule has 1 heterocycles. The fourth-order valence-electron chi connectivity index (χ4n) is 1.77. The van der Waals surface area contributed by atoms with E-state index in [4.69, 9.17) is 10.5 Å². The molecule has 0 spiro atoms. The number of carbonyl (C=O) groups excluding carboxylic acids is 2. The molecule has 3 N–H and O–H groups in total. The van der Waals surface area contributed by atoms with Gasteiger partial charge in [-0.25, -0.2) is 0 Å². The van der Waals surface area contributed by atoms with Gasteiger partial charge >= 0.3 is 5.97 Å². The number of hydrogen-bond donors (Lipinski definition) is 2. The fourth-order valence-corrected chi connectivity index (χ4v) is 3.02. The van der Waals surface area contributed by atoms with Crippen LogP contribution in [0.2, 0.25) is 0 Å². The van der Waals surface area contributed by atoms with Gasteiger partial charge in [-0.05, 0) is 31.9 Å². The average Bonchev–Trinajstić information content (AvgIpc) is 2.55. The van der Waals surface area contributed by atoms with Gasteiger partial charge in [0.25, 0.3) is 0 Å². The molecule has 18 heavy (non-hydrogen) atoms. The summed E-state index contributed by atoms with van der Waals surface area (Å²) in [5.74, 6) is 0.462. The molecular formula is C12H22N2O3S. The Bertz CT molecular complexity index is 286. The molecule has 6 heteroatoms. The largest absolute Gasteiger partial charge is 0.465 e. The molecule has 2 atom stereocenters. The van der Waals surface area contributed by atoms with Gasteiger partial charge in [-0.15, -0.1) is 11.8 Å². The second-order valence-electron chi connectivity index (χ2n) is 4.29. The SMILES string of the molecule is CCOC(=O)C(N)CCSC1CCCCNC1=O. The summed E-state index contributed by atoms with van der Waals surface area (Å²) >= 11 is 1.58. The van der Waals surface area contributed by atoms with E-state index in [0.717, 1.165) is 25.8 Å². The van der Waals surface area contributed by atoms with Crippen molar-refractivity contribution < 1.29 is 14.3 Å². The van der Waals surface area contributed by atoms with Crippen molar-refractivity contribution in [1.29, 1.82) is 0 Å². The lowest BCUT2D eigenvalue weighted by Gasteiger charge is -2.14. The Balaban J connectivity index is 2.23. The third-order valence-corrected chi connectivity index (χ3v) is 4.15.